The van der Waals surface area contributed by atoms with Crippen LogP contribution in [0, 0.1) is 0 Å². The number of ether oxygens (including phenoxy) is 1. The highest BCUT2D eigenvalue weighted by atomic mass is 16.5. The molecule has 0 fully saturated rings. The molecule has 3 aromatic rings. The average Bonchev–Trinajstić information content (AvgIpc) is 2.54. The maximum Gasteiger partial charge on any atom is 0.248 e. The van der Waals surface area contributed by atoms with E-state index in [1.165, 1.54) is 0 Å². The summed E-state index contributed by atoms with van der Waals surface area (Å²) in [6.45, 7) is 0.527. The van der Waals surface area contributed by atoms with E-state index in [2.05, 4.69) is 4.98 Å². The second-order valence-electron chi connectivity index (χ2n) is 4.74. The molecule has 1 N–H and O–H groups in total. The van der Waals surface area contributed by atoms with Crippen molar-refractivity contribution in [2.45, 2.75) is 6.61 Å². The predicted octanol–water partition coefficient (Wildman–Crippen LogP) is 3.62. The maximum absolute atomic E-state index is 11.4. The van der Waals surface area contributed by atoms with Gasteiger partial charge < -0.3 is 9.72 Å². The molecule has 0 unspecified atom stereocenters. The van der Waals surface area contributed by atoms with Gasteiger partial charge in [-0.2, -0.15) is 0 Å². The van der Waals surface area contributed by atoms with Crippen LogP contribution in [-0.2, 0) is 6.61 Å². The number of aromatic nitrogens is 1. The van der Waals surface area contributed by atoms with Gasteiger partial charge in [-0.1, -0.05) is 42.5 Å². The second kappa shape index (κ2) is 6.09. The third-order valence-electron chi connectivity index (χ3n) is 3.19. The fraction of sp³-hybridized carbons (Fsp3) is 0.0556. The van der Waals surface area contributed by atoms with Gasteiger partial charge in [0.25, 0.3) is 0 Å². The number of rotatable bonds is 4. The van der Waals surface area contributed by atoms with E-state index in [9.17, 15) is 4.79 Å². The Morgan fingerprint density at radius 2 is 1.67 bits per heavy atom. The Balaban J connectivity index is 1.79. The topological polar surface area (TPSA) is 42.1 Å². The second-order valence-corrected chi connectivity index (χ2v) is 4.74. The fourth-order valence-corrected chi connectivity index (χ4v) is 2.13. The lowest BCUT2D eigenvalue weighted by Crippen LogP contribution is -2.02. The van der Waals surface area contributed by atoms with Crippen molar-refractivity contribution in [3.8, 4) is 16.9 Å². The quantitative estimate of drug-likeness (QED) is 0.791. The molecule has 0 atom stereocenters. The zero-order chi connectivity index (χ0) is 14.5. The van der Waals surface area contributed by atoms with E-state index < -0.39 is 0 Å². The lowest BCUT2D eigenvalue weighted by atomic mass is 10.1. The molecule has 0 aliphatic rings. The first-order valence-corrected chi connectivity index (χ1v) is 6.77. The lowest BCUT2D eigenvalue weighted by Gasteiger charge is -2.08. The molecule has 0 aliphatic carbocycles. The third-order valence-corrected chi connectivity index (χ3v) is 3.19. The standard InChI is InChI=1S/C18H15NO2/c20-18-12-16(9-10-19-18)15-7-4-8-17(11-15)21-13-14-5-2-1-3-6-14/h1-12H,13H2,(H,19,20). The molecular formula is C18H15NO2. The van der Waals surface area contributed by atoms with E-state index in [0.29, 0.717) is 6.61 Å². The summed E-state index contributed by atoms with van der Waals surface area (Å²) < 4.78 is 5.80. The molecule has 1 aromatic heterocycles. The summed E-state index contributed by atoms with van der Waals surface area (Å²) in [5, 5.41) is 0. The highest BCUT2D eigenvalue weighted by Gasteiger charge is 2.01. The van der Waals surface area contributed by atoms with Crippen LogP contribution in [0.15, 0.2) is 77.7 Å². The van der Waals surface area contributed by atoms with Crippen molar-refractivity contribution in [2.24, 2.45) is 0 Å². The van der Waals surface area contributed by atoms with Crippen molar-refractivity contribution in [1.82, 2.24) is 4.98 Å². The van der Waals surface area contributed by atoms with Gasteiger partial charge in [0.05, 0.1) is 0 Å². The fourth-order valence-electron chi connectivity index (χ4n) is 2.13. The average molecular weight is 277 g/mol. The van der Waals surface area contributed by atoms with E-state index in [1.54, 1.807) is 12.3 Å². The summed E-state index contributed by atoms with van der Waals surface area (Å²) in [6.07, 6.45) is 1.65. The number of H-pyrrole nitrogens is 1. The van der Waals surface area contributed by atoms with Crippen LogP contribution in [0.3, 0.4) is 0 Å². The number of hydrogen-bond donors (Lipinski definition) is 1. The lowest BCUT2D eigenvalue weighted by molar-refractivity contribution is 0.306. The van der Waals surface area contributed by atoms with Gasteiger partial charge in [0.1, 0.15) is 12.4 Å². The number of hydrogen-bond acceptors (Lipinski definition) is 2. The van der Waals surface area contributed by atoms with Crippen molar-refractivity contribution in [3.63, 3.8) is 0 Å². The minimum atomic E-state index is -0.108. The van der Waals surface area contributed by atoms with Crippen LogP contribution in [0.5, 0.6) is 5.75 Å². The van der Waals surface area contributed by atoms with Crippen LogP contribution < -0.4 is 10.3 Å². The van der Waals surface area contributed by atoms with Gasteiger partial charge in [0.2, 0.25) is 5.56 Å². The molecular weight excluding hydrogens is 262 g/mol. The molecule has 3 heteroatoms. The molecule has 2 aromatic carbocycles. The summed E-state index contributed by atoms with van der Waals surface area (Å²) in [4.78, 5) is 14.0. The molecule has 1 heterocycles. The Hall–Kier alpha value is -2.81. The van der Waals surface area contributed by atoms with E-state index in [0.717, 1.165) is 22.4 Å². The molecule has 0 amide bonds. The molecule has 104 valence electrons. The molecule has 0 saturated carbocycles. The highest BCUT2D eigenvalue weighted by Crippen LogP contribution is 2.23. The van der Waals surface area contributed by atoms with Crippen LogP contribution in [0.25, 0.3) is 11.1 Å². The van der Waals surface area contributed by atoms with E-state index >= 15 is 0 Å². The molecule has 0 spiro atoms. The van der Waals surface area contributed by atoms with Gasteiger partial charge in [-0.15, -0.1) is 0 Å². The Morgan fingerprint density at radius 1 is 0.857 bits per heavy atom. The van der Waals surface area contributed by atoms with Gasteiger partial charge in [0, 0.05) is 12.3 Å². The van der Waals surface area contributed by atoms with Crippen molar-refractivity contribution in [2.75, 3.05) is 0 Å². The first-order valence-electron chi connectivity index (χ1n) is 6.77. The number of pyridine rings is 1. The minimum Gasteiger partial charge on any atom is -0.489 e. The molecule has 0 aliphatic heterocycles. The van der Waals surface area contributed by atoms with Gasteiger partial charge in [-0.25, -0.2) is 0 Å². The Kier molecular flexibility index (Phi) is 3.83. The summed E-state index contributed by atoms with van der Waals surface area (Å²) in [5.41, 5.74) is 2.86. The van der Waals surface area contributed by atoms with Gasteiger partial charge in [-0.3, -0.25) is 4.79 Å². The van der Waals surface area contributed by atoms with Crippen LogP contribution in [-0.4, -0.2) is 4.98 Å². The van der Waals surface area contributed by atoms with Gasteiger partial charge in [0.15, 0.2) is 0 Å². The molecule has 3 rings (SSSR count). The zero-order valence-electron chi connectivity index (χ0n) is 11.5. The number of benzene rings is 2. The van der Waals surface area contributed by atoms with Crippen LogP contribution >= 0.6 is 0 Å². The van der Waals surface area contributed by atoms with Gasteiger partial charge in [-0.05, 0) is 34.9 Å². The van der Waals surface area contributed by atoms with Crippen LogP contribution in [0.2, 0.25) is 0 Å². The van der Waals surface area contributed by atoms with Crippen molar-refractivity contribution < 1.29 is 4.74 Å². The maximum atomic E-state index is 11.4. The third kappa shape index (κ3) is 3.39. The summed E-state index contributed by atoms with van der Waals surface area (Å²) in [5.74, 6) is 0.789. The summed E-state index contributed by atoms with van der Waals surface area (Å²) in [6, 6.07) is 21.2. The smallest absolute Gasteiger partial charge is 0.248 e. The Labute approximate surface area is 122 Å². The van der Waals surface area contributed by atoms with E-state index in [-0.39, 0.29) is 5.56 Å². The number of aromatic amines is 1. The largest absolute Gasteiger partial charge is 0.489 e. The first-order chi connectivity index (χ1) is 10.3. The predicted molar refractivity (Wildman–Crippen MR) is 83.3 cm³/mol. The summed E-state index contributed by atoms with van der Waals surface area (Å²) >= 11 is 0. The molecule has 3 nitrogen and oxygen atoms in total. The number of nitrogens with one attached hydrogen (secondary N) is 1. The van der Waals surface area contributed by atoms with Crippen LogP contribution in [0.1, 0.15) is 5.56 Å². The van der Waals surface area contributed by atoms with Crippen molar-refractivity contribution in [1.29, 1.82) is 0 Å². The van der Waals surface area contributed by atoms with Crippen molar-refractivity contribution >= 4 is 0 Å². The molecule has 0 saturated heterocycles. The first kappa shape index (κ1) is 13.2. The zero-order valence-corrected chi connectivity index (χ0v) is 11.5. The molecule has 21 heavy (non-hydrogen) atoms. The Morgan fingerprint density at radius 3 is 2.48 bits per heavy atom. The molecule has 0 bridgehead atoms. The normalized spacial score (nSPS) is 10.3. The van der Waals surface area contributed by atoms with E-state index in [4.69, 9.17) is 4.74 Å². The van der Waals surface area contributed by atoms with Crippen LogP contribution in [0.4, 0.5) is 0 Å². The SMILES string of the molecule is O=c1cc(-c2cccc(OCc3ccccc3)c2)cc[nH]1. The molecule has 0 radical (unpaired) electrons. The van der Waals surface area contributed by atoms with E-state index in [1.807, 2.05) is 60.7 Å². The minimum absolute atomic E-state index is 0.108. The van der Waals surface area contributed by atoms with Crippen molar-refractivity contribution in [3.05, 3.63) is 88.8 Å². The Bertz CT molecular complexity index is 778. The summed E-state index contributed by atoms with van der Waals surface area (Å²) in [7, 11) is 0. The highest BCUT2D eigenvalue weighted by molar-refractivity contribution is 5.64. The monoisotopic (exact) mass is 277 g/mol. The van der Waals surface area contributed by atoms with Gasteiger partial charge >= 0.3 is 0 Å².